The normalized spacial score (nSPS) is 10.5. The highest BCUT2D eigenvalue weighted by atomic mass is 19.1. The van der Waals surface area contributed by atoms with Crippen LogP contribution in [-0.2, 0) is 13.0 Å². The molecule has 17 heavy (non-hydrogen) atoms. The van der Waals surface area contributed by atoms with Gasteiger partial charge in [-0.1, -0.05) is 0 Å². The lowest BCUT2D eigenvalue weighted by molar-refractivity contribution is 0.303. The molecule has 1 aromatic heterocycles. The standard InChI is InChI=1S/C11H12FN3O2/c12-8-1-3-9(4-2-8)16-6-5-10-14-15-11(7-13)17-10/h1-4H,5-7,13H2. The zero-order valence-electron chi connectivity index (χ0n) is 9.10. The van der Waals surface area contributed by atoms with Crippen molar-refractivity contribution in [1.82, 2.24) is 10.2 Å². The Morgan fingerprint density at radius 1 is 1.18 bits per heavy atom. The molecule has 1 aromatic carbocycles. The molecule has 0 amide bonds. The Bertz CT molecular complexity index is 470. The van der Waals surface area contributed by atoms with E-state index in [1.54, 1.807) is 12.1 Å². The number of ether oxygens (including phenoxy) is 1. The van der Waals surface area contributed by atoms with E-state index in [1.165, 1.54) is 12.1 Å². The third kappa shape index (κ3) is 3.25. The lowest BCUT2D eigenvalue weighted by Crippen LogP contribution is -2.01. The van der Waals surface area contributed by atoms with Gasteiger partial charge in [0.05, 0.1) is 19.6 Å². The number of hydrogen-bond acceptors (Lipinski definition) is 5. The number of nitrogens with two attached hydrogens (primary N) is 1. The first kappa shape index (κ1) is 11.5. The van der Waals surface area contributed by atoms with Crippen molar-refractivity contribution in [1.29, 1.82) is 0 Å². The number of rotatable bonds is 5. The SMILES string of the molecule is NCc1nnc(CCOc2ccc(F)cc2)o1. The van der Waals surface area contributed by atoms with E-state index in [1.807, 2.05) is 0 Å². The van der Waals surface area contributed by atoms with Crippen molar-refractivity contribution in [3.63, 3.8) is 0 Å². The predicted molar refractivity (Wildman–Crippen MR) is 57.8 cm³/mol. The molecule has 90 valence electrons. The molecule has 2 aromatic rings. The Morgan fingerprint density at radius 3 is 2.53 bits per heavy atom. The quantitative estimate of drug-likeness (QED) is 0.848. The van der Waals surface area contributed by atoms with Crippen LogP contribution in [0.3, 0.4) is 0 Å². The molecule has 0 aliphatic rings. The van der Waals surface area contributed by atoms with Gasteiger partial charge in [0, 0.05) is 0 Å². The molecule has 0 unspecified atom stereocenters. The summed E-state index contributed by atoms with van der Waals surface area (Å²) >= 11 is 0. The zero-order chi connectivity index (χ0) is 12.1. The van der Waals surface area contributed by atoms with E-state index in [4.69, 9.17) is 14.9 Å². The van der Waals surface area contributed by atoms with Crippen molar-refractivity contribution < 1.29 is 13.5 Å². The molecule has 0 fully saturated rings. The summed E-state index contributed by atoms with van der Waals surface area (Å²) in [5.41, 5.74) is 5.33. The summed E-state index contributed by atoms with van der Waals surface area (Å²) in [4.78, 5) is 0. The topological polar surface area (TPSA) is 74.2 Å². The molecule has 0 saturated heterocycles. The van der Waals surface area contributed by atoms with E-state index in [2.05, 4.69) is 10.2 Å². The van der Waals surface area contributed by atoms with E-state index >= 15 is 0 Å². The maximum absolute atomic E-state index is 12.6. The molecule has 0 saturated carbocycles. The first-order valence-corrected chi connectivity index (χ1v) is 5.17. The van der Waals surface area contributed by atoms with Gasteiger partial charge < -0.3 is 14.9 Å². The fourth-order valence-electron chi connectivity index (χ4n) is 1.26. The van der Waals surface area contributed by atoms with Crippen LogP contribution in [0.2, 0.25) is 0 Å². The van der Waals surface area contributed by atoms with Crippen LogP contribution in [-0.4, -0.2) is 16.8 Å². The van der Waals surface area contributed by atoms with Gasteiger partial charge >= 0.3 is 0 Å². The van der Waals surface area contributed by atoms with Gasteiger partial charge in [0.1, 0.15) is 11.6 Å². The second kappa shape index (κ2) is 5.40. The van der Waals surface area contributed by atoms with E-state index in [0.717, 1.165) is 0 Å². The molecule has 0 aliphatic carbocycles. The number of halogens is 1. The van der Waals surface area contributed by atoms with Gasteiger partial charge in [-0.25, -0.2) is 4.39 Å². The fraction of sp³-hybridized carbons (Fsp3) is 0.273. The first-order valence-electron chi connectivity index (χ1n) is 5.17. The fourth-order valence-corrected chi connectivity index (χ4v) is 1.26. The minimum atomic E-state index is -0.290. The maximum atomic E-state index is 12.6. The average Bonchev–Trinajstić information content (AvgIpc) is 2.80. The van der Waals surface area contributed by atoms with Crippen LogP contribution in [0.5, 0.6) is 5.75 Å². The molecule has 1 heterocycles. The van der Waals surface area contributed by atoms with Gasteiger partial charge in [0.2, 0.25) is 11.8 Å². The first-order chi connectivity index (χ1) is 8.28. The van der Waals surface area contributed by atoms with E-state index in [9.17, 15) is 4.39 Å². The van der Waals surface area contributed by atoms with Gasteiger partial charge in [-0.05, 0) is 24.3 Å². The van der Waals surface area contributed by atoms with Crippen LogP contribution >= 0.6 is 0 Å². The monoisotopic (exact) mass is 237 g/mol. The second-order valence-electron chi connectivity index (χ2n) is 3.35. The smallest absolute Gasteiger partial charge is 0.230 e. The van der Waals surface area contributed by atoms with Crippen LogP contribution in [0, 0.1) is 5.82 Å². The minimum Gasteiger partial charge on any atom is -0.493 e. The molecule has 6 heteroatoms. The van der Waals surface area contributed by atoms with Gasteiger partial charge in [0.25, 0.3) is 0 Å². The Hall–Kier alpha value is -1.95. The van der Waals surface area contributed by atoms with Crippen molar-refractivity contribution in [3.8, 4) is 5.75 Å². The molecule has 0 spiro atoms. The largest absolute Gasteiger partial charge is 0.493 e. The predicted octanol–water partition coefficient (Wildman–Crippen LogP) is 1.29. The summed E-state index contributed by atoms with van der Waals surface area (Å²) in [6.07, 6.45) is 0.490. The average molecular weight is 237 g/mol. The molecule has 0 aliphatic heterocycles. The zero-order valence-corrected chi connectivity index (χ0v) is 9.10. The molecule has 0 atom stereocenters. The summed E-state index contributed by atoms with van der Waals surface area (Å²) in [5, 5.41) is 7.52. The molecule has 0 bridgehead atoms. The van der Waals surface area contributed by atoms with Gasteiger partial charge in [-0.3, -0.25) is 0 Å². The van der Waals surface area contributed by atoms with Crippen LogP contribution in [0.15, 0.2) is 28.7 Å². The van der Waals surface area contributed by atoms with Crippen molar-refractivity contribution in [3.05, 3.63) is 41.9 Å². The number of nitrogens with zero attached hydrogens (tertiary/aromatic N) is 2. The molecule has 2 rings (SSSR count). The highest BCUT2D eigenvalue weighted by Gasteiger charge is 2.04. The minimum absolute atomic E-state index is 0.228. The highest BCUT2D eigenvalue weighted by molar-refractivity contribution is 5.21. The summed E-state index contributed by atoms with van der Waals surface area (Å²) in [5.74, 6) is 1.20. The number of hydrogen-bond donors (Lipinski definition) is 1. The van der Waals surface area contributed by atoms with Crippen molar-refractivity contribution in [2.45, 2.75) is 13.0 Å². The van der Waals surface area contributed by atoms with Crippen molar-refractivity contribution >= 4 is 0 Å². The van der Waals surface area contributed by atoms with E-state index < -0.39 is 0 Å². The molecule has 0 radical (unpaired) electrons. The lowest BCUT2D eigenvalue weighted by atomic mass is 10.3. The maximum Gasteiger partial charge on any atom is 0.230 e. The molecular weight excluding hydrogens is 225 g/mol. The Labute approximate surface area is 97.4 Å². The van der Waals surface area contributed by atoms with Gasteiger partial charge in [0.15, 0.2) is 0 Å². The van der Waals surface area contributed by atoms with Crippen LogP contribution in [0.1, 0.15) is 11.8 Å². The summed E-state index contributed by atoms with van der Waals surface area (Å²) in [6.45, 7) is 0.615. The third-order valence-corrected chi connectivity index (χ3v) is 2.08. The second-order valence-corrected chi connectivity index (χ2v) is 3.35. The van der Waals surface area contributed by atoms with E-state index in [-0.39, 0.29) is 12.4 Å². The van der Waals surface area contributed by atoms with Crippen molar-refractivity contribution in [2.24, 2.45) is 5.73 Å². The van der Waals surface area contributed by atoms with Crippen molar-refractivity contribution in [2.75, 3.05) is 6.61 Å². The van der Waals surface area contributed by atoms with Crippen LogP contribution in [0.25, 0.3) is 0 Å². The van der Waals surface area contributed by atoms with Crippen LogP contribution in [0.4, 0.5) is 4.39 Å². The van der Waals surface area contributed by atoms with E-state index in [0.29, 0.717) is 30.6 Å². The van der Waals surface area contributed by atoms with Gasteiger partial charge in [-0.15, -0.1) is 10.2 Å². The van der Waals surface area contributed by atoms with Gasteiger partial charge in [-0.2, -0.15) is 0 Å². The molecule has 5 nitrogen and oxygen atoms in total. The summed E-state index contributed by atoms with van der Waals surface area (Å²) in [6, 6.07) is 5.81. The Balaban J connectivity index is 1.81. The Kier molecular flexibility index (Phi) is 3.66. The third-order valence-electron chi connectivity index (χ3n) is 2.08. The lowest BCUT2D eigenvalue weighted by Gasteiger charge is -2.03. The summed E-state index contributed by atoms with van der Waals surface area (Å²) < 4.78 is 23.2. The molecule has 2 N–H and O–H groups in total. The number of benzene rings is 1. The summed E-state index contributed by atoms with van der Waals surface area (Å²) in [7, 11) is 0. The molecular formula is C11H12FN3O2. The number of aromatic nitrogens is 2. The Morgan fingerprint density at radius 2 is 1.88 bits per heavy atom. The highest BCUT2D eigenvalue weighted by Crippen LogP contribution is 2.11. The van der Waals surface area contributed by atoms with Crippen LogP contribution < -0.4 is 10.5 Å².